The summed E-state index contributed by atoms with van der Waals surface area (Å²) in [5, 5.41) is 11.0. The second-order valence-corrected chi connectivity index (χ2v) is 3.62. The van der Waals surface area contributed by atoms with Crippen LogP contribution in [0.2, 0.25) is 0 Å². The van der Waals surface area contributed by atoms with Crippen LogP contribution in [0.4, 0.5) is 0 Å². The molecule has 5 nitrogen and oxygen atoms in total. The molecule has 16 heavy (non-hydrogen) atoms. The number of rotatable bonds is 3. The molecule has 5 heteroatoms. The van der Waals surface area contributed by atoms with E-state index < -0.39 is 0 Å². The molecular formula is C11H14N4O. The maximum atomic E-state index is 5.56. The average Bonchev–Trinajstić information content (AvgIpc) is 2.78. The maximum absolute atomic E-state index is 5.56. The van der Waals surface area contributed by atoms with Gasteiger partial charge >= 0.3 is 0 Å². The van der Waals surface area contributed by atoms with Gasteiger partial charge in [-0.2, -0.15) is 0 Å². The van der Waals surface area contributed by atoms with Gasteiger partial charge in [0.25, 0.3) is 5.89 Å². The maximum Gasteiger partial charge on any atom is 0.266 e. The van der Waals surface area contributed by atoms with E-state index in [0.29, 0.717) is 11.8 Å². The molecule has 1 atom stereocenters. The van der Waals surface area contributed by atoms with Crippen molar-refractivity contribution < 1.29 is 4.42 Å². The zero-order chi connectivity index (χ0) is 11.5. The van der Waals surface area contributed by atoms with Crippen LogP contribution in [0.25, 0.3) is 11.6 Å². The highest BCUT2D eigenvalue weighted by molar-refractivity contribution is 5.51. The molecule has 0 radical (unpaired) electrons. The lowest BCUT2D eigenvalue weighted by molar-refractivity contribution is 0.440. The second kappa shape index (κ2) is 4.40. The van der Waals surface area contributed by atoms with E-state index in [2.05, 4.69) is 20.5 Å². The first-order valence-corrected chi connectivity index (χ1v) is 5.15. The number of aryl methyl sites for hydroxylation is 1. The fraction of sp³-hybridized carbons (Fsp3) is 0.364. The van der Waals surface area contributed by atoms with Gasteiger partial charge in [-0.05, 0) is 32.5 Å². The summed E-state index contributed by atoms with van der Waals surface area (Å²) < 4.78 is 5.56. The predicted molar refractivity (Wildman–Crippen MR) is 59.7 cm³/mol. The quantitative estimate of drug-likeness (QED) is 0.849. The Balaban J connectivity index is 2.35. The molecule has 0 amide bonds. The molecule has 0 aliphatic heterocycles. The van der Waals surface area contributed by atoms with Gasteiger partial charge in [-0.1, -0.05) is 6.07 Å². The first-order valence-electron chi connectivity index (χ1n) is 5.15. The molecule has 2 heterocycles. The Hall–Kier alpha value is -1.75. The monoisotopic (exact) mass is 218 g/mol. The summed E-state index contributed by atoms with van der Waals surface area (Å²) in [7, 11) is 1.85. The van der Waals surface area contributed by atoms with Gasteiger partial charge in [0.15, 0.2) is 0 Å². The van der Waals surface area contributed by atoms with Crippen LogP contribution in [0.5, 0.6) is 0 Å². The Kier molecular flexibility index (Phi) is 2.96. The zero-order valence-corrected chi connectivity index (χ0v) is 9.56. The number of aromatic nitrogens is 3. The summed E-state index contributed by atoms with van der Waals surface area (Å²) in [6.07, 6.45) is 1.72. The number of nitrogens with one attached hydrogen (secondary N) is 1. The minimum atomic E-state index is 0.0465. The molecule has 0 fully saturated rings. The third kappa shape index (κ3) is 1.94. The minimum absolute atomic E-state index is 0.0465. The lowest BCUT2D eigenvalue weighted by Gasteiger charge is -2.02. The van der Waals surface area contributed by atoms with Crippen molar-refractivity contribution in [3.05, 3.63) is 29.8 Å². The first kappa shape index (κ1) is 10.8. The van der Waals surface area contributed by atoms with E-state index in [-0.39, 0.29) is 6.04 Å². The average molecular weight is 218 g/mol. The van der Waals surface area contributed by atoms with Gasteiger partial charge < -0.3 is 9.73 Å². The summed E-state index contributed by atoms with van der Waals surface area (Å²) in [5.74, 6) is 1.04. The van der Waals surface area contributed by atoms with E-state index in [1.807, 2.05) is 33.0 Å². The van der Waals surface area contributed by atoms with Gasteiger partial charge in [-0.15, -0.1) is 10.2 Å². The van der Waals surface area contributed by atoms with E-state index in [1.54, 1.807) is 6.20 Å². The molecule has 84 valence electrons. The third-order valence-electron chi connectivity index (χ3n) is 2.46. The number of hydrogen-bond donors (Lipinski definition) is 1. The van der Waals surface area contributed by atoms with Crippen LogP contribution in [-0.4, -0.2) is 22.2 Å². The van der Waals surface area contributed by atoms with E-state index in [1.165, 1.54) is 0 Å². The molecule has 0 aliphatic carbocycles. The normalized spacial score (nSPS) is 12.7. The fourth-order valence-electron chi connectivity index (χ4n) is 1.34. The predicted octanol–water partition coefficient (Wildman–Crippen LogP) is 1.72. The third-order valence-corrected chi connectivity index (χ3v) is 2.46. The van der Waals surface area contributed by atoms with Gasteiger partial charge in [0.1, 0.15) is 5.69 Å². The van der Waals surface area contributed by atoms with Crippen LogP contribution >= 0.6 is 0 Å². The van der Waals surface area contributed by atoms with Crippen LogP contribution in [0.1, 0.15) is 24.4 Å². The van der Waals surface area contributed by atoms with Gasteiger partial charge in [0, 0.05) is 6.20 Å². The molecule has 2 aromatic heterocycles. The van der Waals surface area contributed by atoms with Crippen molar-refractivity contribution >= 4 is 0 Å². The van der Waals surface area contributed by atoms with Crippen molar-refractivity contribution in [2.75, 3.05) is 7.05 Å². The largest absolute Gasteiger partial charge is 0.418 e. The van der Waals surface area contributed by atoms with Crippen LogP contribution in [0.3, 0.4) is 0 Å². The minimum Gasteiger partial charge on any atom is -0.418 e. The molecule has 0 aliphatic rings. The molecule has 1 N–H and O–H groups in total. The van der Waals surface area contributed by atoms with E-state index in [4.69, 9.17) is 4.42 Å². The second-order valence-electron chi connectivity index (χ2n) is 3.62. The Morgan fingerprint density at radius 1 is 1.38 bits per heavy atom. The molecular weight excluding hydrogens is 204 g/mol. The molecule has 2 rings (SSSR count). The highest BCUT2D eigenvalue weighted by Crippen LogP contribution is 2.20. The van der Waals surface area contributed by atoms with Gasteiger partial charge in [-0.3, -0.25) is 4.98 Å². The molecule has 0 saturated carbocycles. The molecule has 1 unspecified atom stereocenters. The van der Waals surface area contributed by atoms with Crippen LogP contribution < -0.4 is 5.32 Å². The highest BCUT2D eigenvalue weighted by Gasteiger charge is 2.15. The van der Waals surface area contributed by atoms with Crippen molar-refractivity contribution in [3.63, 3.8) is 0 Å². The molecule has 0 saturated heterocycles. The Labute approximate surface area is 93.9 Å². The number of nitrogens with zero attached hydrogens (tertiary/aromatic N) is 3. The summed E-state index contributed by atoms with van der Waals surface area (Å²) >= 11 is 0. The SMILES string of the molecule is CNC(C)c1nnc(-c2ncccc2C)o1. The smallest absolute Gasteiger partial charge is 0.266 e. The molecule has 0 bridgehead atoms. The van der Waals surface area contributed by atoms with E-state index in [0.717, 1.165) is 11.3 Å². The summed E-state index contributed by atoms with van der Waals surface area (Å²) in [4.78, 5) is 4.23. The first-order chi connectivity index (χ1) is 7.72. The molecule has 2 aromatic rings. The summed E-state index contributed by atoms with van der Waals surface area (Å²) in [6, 6.07) is 3.89. The lowest BCUT2D eigenvalue weighted by Crippen LogP contribution is -2.12. The number of pyridine rings is 1. The topological polar surface area (TPSA) is 63.8 Å². The van der Waals surface area contributed by atoms with Gasteiger partial charge in [0.2, 0.25) is 5.89 Å². The van der Waals surface area contributed by atoms with Crippen molar-refractivity contribution in [1.82, 2.24) is 20.5 Å². The zero-order valence-electron chi connectivity index (χ0n) is 9.56. The molecule has 0 spiro atoms. The molecule has 0 aromatic carbocycles. The van der Waals surface area contributed by atoms with Crippen LogP contribution in [-0.2, 0) is 0 Å². The van der Waals surface area contributed by atoms with Crippen molar-refractivity contribution in [2.45, 2.75) is 19.9 Å². The Morgan fingerprint density at radius 2 is 2.19 bits per heavy atom. The van der Waals surface area contributed by atoms with Crippen LogP contribution in [0.15, 0.2) is 22.7 Å². The van der Waals surface area contributed by atoms with Gasteiger partial charge in [-0.25, -0.2) is 0 Å². The number of hydrogen-bond acceptors (Lipinski definition) is 5. The van der Waals surface area contributed by atoms with E-state index >= 15 is 0 Å². The standard InChI is InChI=1S/C11H14N4O/c1-7-5-4-6-13-9(7)11-15-14-10(16-11)8(2)12-3/h4-6,8,12H,1-3H3. The fourth-order valence-corrected chi connectivity index (χ4v) is 1.34. The Bertz CT molecular complexity index is 480. The van der Waals surface area contributed by atoms with E-state index in [9.17, 15) is 0 Å². The van der Waals surface area contributed by atoms with Crippen molar-refractivity contribution in [3.8, 4) is 11.6 Å². The summed E-state index contributed by atoms with van der Waals surface area (Å²) in [5.41, 5.74) is 1.76. The lowest BCUT2D eigenvalue weighted by atomic mass is 10.2. The van der Waals surface area contributed by atoms with Crippen molar-refractivity contribution in [1.29, 1.82) is 0 Å². The Morgan fingerprint density at radius 3 is 2.88 bits per heavy atom. The van der Waals surface area contributed by atoms with Crippen LogP contribution in [0, 0.1) is 6.92 Å². The summed E-state index contributed by atoms with van der Waals surface area (Å²) in [6.45, 7) is 3.93. The highest BCUT2D eigenvalue weighted by atomic mass is 16.4. The van der Waals surface area contributed by atoms with Gasteiger partial charge in [0.05, 0.1) is 6.04 Å². The van der Waals surface area contributed by atoms with Crippen molar-refractivity contribution in [2.24, 2.45) is 0 Å².